The van der Waals surface area contributed by atoms with Crippen molar-refractivity contribution < 1.29 is 9.53 Å². The van der Waals surface area contributed by atoms with Crippen molar-refractivity contribution in [2.45, 2.75) is 12.8 Å². The van der Waals surface area contributed by atoms with Crippen molar-refractivity contribution in [2.24, 2.45) is 7.05 Å². The van der Waals surface area contributed by atoms with Gasteiger partial charge < -0.3 is 14.6 Å². The monoisotopic (exact) mass is 333 g/mol. The Morgan fingerprint density at radius 3 is 2.67 bits per heavy atom. The summed E-state index contributed by atoms with van der Waals surface area (Å²) in [6, 6.07) is 1.59. The Morgan fingerprint density at radius 2 is 2.05 bits per heavy atom. The number of rotatable bonds is 6. The van der Waals surface area contributed by atoms with E-state index < -0.39 is 0 Å². The van der Waals surface area contributed by atoms with Crippen LogP contribution >= 0.6 is 23.2 Å². The summed E-state index contributed by atoms with van der Waals surface area (Å²) in [5.74, 6) is -0.141. The molecule has 1 aliphatic heterocycles. The second kappa shape index (κ2) is 8.03. The zero-order valence-electron chi connectivity index (χ0n) is 12.2. The molecule has 0 saturated carbocycles. The van der Waals surface area contributed by atoms with Crippen molar-refractivity contribution in [1.29, 1.82) is 0 Å². The molecule has 1 aromatic rings. The largest absolute Gasteiger partial charge is 0.379 e. The summed E-state index contributed by atoms with van der Waals surface area (Å²) in [5.41, 5.74) is 0.484. The third kappa shape index (κ3) is 4.61. The summed E-state index contributed by atoms with van der Waals surface area (Å²) in [4.78, 5) is 14.4. The van der Waals surface area contributed by atoms with Crippen LogP contribution in [-0.2, 0) is 11.8 Å². The van der Waals surface area contributed by atoms with Crippen LogP contribution in [0.3, 0.4) is 0 Å². The van der Waals surface area contributed by atoms with Crippen molar-refractivity contribution in [3.8, 4) is 0 Å². The van der Waals surface area contributed by atoms with E-state index in [0.717, 1.165) is 45.7 Å². The van der Waals surface area contributed by atoms with Crippen LogP contribution in [0.5, 0.6) is 0 Å². The second-order valence-electron chi connectivity index (χ2n) is 5.14. The normalized spacial score (nSPS) is 16.1. The number of nitrogens with zero attached hydrogens (tertiary/aromatic N) is 2. The molecule has 7 heteroatoms. The maximum absolute atomic E-state index is 12.0. The molecule has 0 bridgehead atoms. The van der Waals surface area contributed by atoms with Gasteiger partial charge >= 0.3 is 0 Å². The molecular formula is C14H21Cl2N3O2. The summed E-state index contributed by atoms with van der Waals surface area (Å²) < 4.78 is 6.90. The first-order chi connectivity index (χ1) is 10.1. The fraction of sp³-hybridized carbons (Fsp3) is 0.643. The summed E-state index contributed by atoms with van der Waals surface area (Å²) in [6.45, 7) is 5.38. The number of ether oxygens (including phenoxy) is 1. The standard InChI is InChI=1S/C14H21Cl2N3O2/c1-18-12(10-11(15)13(18)16)14(20)17-4-2-3-5-19-6-8-21-9-7-19/h10H,2-9H2,1H3,(H,17,20). The number of carbonyl (C=O) groups excluding carboxylic acids is 1. The summed E-state index contributed by atoms with van der Waals surface area (Å²) in [5, 5.41) is 3.68. The molecule has 118 valence electrons. The second-order valence-corrected chi connectivity index (χ2v) is 5.91. The number of amides is 1. The zero-order chi connectivity index (χ0) is 15.2. The molecular weight excluding hydrogens is 313 g/mol. The average Bonchev–Trinajstić information content (AvgIpc) is 2.75. The minimum atomic E-state index is -0.141. The number of aromatic nitrogens is 1. The van der Waals surface area contributed by atoms with E-state index in [1.54, 1.807) is 17.7 Å². The number of nitrogens with one attached hydrogen (secondary N) is 1. The summed E-state index contributed by atoms with van der Waals surface area (Å²) in [7, 11) is 1.72. The van der Waals surface area contributed by atoms with Crippen molar-refractivity contribution in [1.82, 2.24) is 14.8 Å². The van der Waals surface area contributed by atoms with Gasteiger partial charge in [0.2, 0.25) is 0 Å². The van der Waals surface area contributed by atoms with Crippen LogP contribution in [0.25, 0.3) is 0 Å². The lowest BCUT2D eigenvalue weighted by atomic mass is 10.2. The van der Waals surface area contributed by atoms with Crippen LogP contribution in [-0.4, -0.2) is 54.8 Å². The van der Waals surface area contributed by atoms with Gasteiger partial charge in [0.15, 0.2) is 0 Å². The maximum atomic E-state index is 12.0. The molecule has 0 radical (unpaired) electrons. The van der Waals surface area contributed by atoms with E-state index in [2.05, 4.69) is 10.2 Å². The molecule has 1 fully saturated rings. The molecule has 1 saturated heterocycles. The molecule has 0 atom stereocenters. The van der Waals surface area contributed by atoms with E-state index in [4.69, 9.17) is 27.9 Å². The van der Waals surface area contributed by atoms with E-state index in [9.17, 15) is 4.79 Å². The van der Waals surface area contributed by atoms with Gasteiger partial charge in [0, 0.05) is 26.7 Å². The van der Waals surface area contributed by atoms with Gasteiger partial charge in [-0.3, -0.25) is 9.69 Å². The van der Waals surface area contributed by atoms with E-state index in [0.29, 0.717) is 22.4 Å². The SMILES string of the molecule is Cn1c(C(=O)NCCCCN2CCOCC2)cc(Cl)c1Cl. The third-order valence-corrected chi connectivity index (χ3v) is 4.48. The van der Waals surface area contributed by atoms with E-state index in [-0.39, 0.29) is 5.91 Å². The van der Waals surface area contributed by atoms with Crippen LogP contribution in [0.4, 0.5) is 0 Å². The first-order valence-electron chi connectivity index (χ1n) is 7.18. The Kier molecular flexibility index (Phi) is 6.36. The molecule has 5 nitrogen and oxygen atoms in total. The molecule has 21 heavy (non-hydrogen) atoms. The number of carbonyl (C=O) groups is 1. The number of hydrogen-bond acceptors (Lipinski definition) is 3. The molecule has 1 N–H and O–H groups in total. The lowest BCUT2D eigenvalue weighted by Gasteiger charge is -2.26. The third-order valence-electron chi connectivity index (χ3n) is 3.64. The van der Waals surface area contributed by atoms with Gasteiger partial charge in [-0.25, -0.2) is 0 Å². The Morgan fingerprint density at radius 1 is 1.33 bits per heavy atom. The lowest BCUT2D eigenvalue weighted by molar-refractivity contribution is 0.0372. The van der Waals surface area contributed by atoms with Gasteiger partial charge in [-0.1, -0.05) is 23.2 Å². The Labute approximate surface area is 135 Å². The number of hydrogen-bond donors (Lipinski definition) is 1. The highest BCUT2D eigenvalue weighted by Gasteiger charge is 2.15. The molecule has 0 aliphatic carbocycles. The summed E-state index contributed by atoms with van der Waals surface area (Å²) >= 11 is 11.8. The maximum Gasteiger partial charge on any atom is 0.267 e. The van der Waals surface area contributed by atoms with Gasteiger partial charge in [-0.2, -0.15) is 0 Å². The van der Waals surface area contributed by atoms with Gasteiger partial charge in [0.25, 0.3) is 5.91 Å². The molecule has 0 aromatic carbocycles. The Hall–Kier alpha value is -0.750. The first kappa shape index (κ1) is 16.6. The minimum Gasteiger partial charge on any atom is -0.379 e. The fourth-order valence-electron chi connectivity index (χ4n) is 2.34. The number of halogens is 2. The fourth-order valence-corrected chi connectivity index (χ4v) is 2.71. The minimum absolute atomic E-state index is 0.141. The van der Waals surface area contributed by atoms with Gasteiger partial charge in [-0.15, -0.1) is 0 Å². The van der Waals surface area contributed by atoms with Crippen LogP contribution in [0.15, 0.2) is 6.07 Å². The molecule has 2 rings (SSSR count). The lowest BCUT2D eigenvalue weighted by Crippen LogP contribution is -2.37. The molecule has 1 aliphatic rings. The highest BCUT2D eigenvalue weighted by Crippen LogP contribution is 2.24. The van der Waals surface area contributed by atoms with E-state index in [1.165, 1.54) is 0 Å². The van der Waals surface area contributed by atoms with Crippen molar-refractivity contribution in [3.05, 3.63) is 21.9 Å². The molecule has 0 unspecified atom stereocenters. The quantitative estimate of drug-likeness (QED) is 0.811. The van der Waals surface area contributed by atoms with E-state index in [1.807, 2.05) is 0 Å². The molecule has 1 aromatic heterocycles. The molecule has 0 spiro atoms. The Balaban J connectivity index is 1.66. The Bertz CT molecular complexity index is 485. The number of morpholine rings is 1. The first-order valence-corrected chi connectivity index (χ1v) is 7.94. The molecule has 2 heterocycles. The zero-order valence-corrected chi connectivity index (χ0v) is 13.7. The summed E-state index contributed by atoms with van der Waals surface area (Å²) in [6.07, 6.45) is 2.02. The van der Waals surface area contributed by atoms with Crippen molar-refractivity contribution >= 4 is 29.1 Å². The van der Waals surface area contributed by atoms with Gasteiger partial charge in [0.1, 0.15) is 10.8 Å². The molecule has 1 amide bonds. The van der Waals surface area contributed by atoms with Gasteiger partial charge in [-0.05, 0) is 25.5 Å². The van der Waals surface area contributed by atoms with Crippen LogP contribution < -0.4 is 5.32 Å². The highest BCUT2D eigenvalue weighted by molar-refractivity contribution is 6.41. The van der Waals surface area contributed by atoms with Gasteiger partial charge in [0.05, 0.1) is 18.2 Å². The smallest absolute Gasteiger partial charge is 0.267 e. The van der Waals surface area contributed by atoms with Crippen LogP contribution in [0.1, 0.15) is 23.3 Å². The number of unbranched alkanes of at least 4 members (excludes halogenated alkanes) is 1. The van der Waals surface area contributed by atoms with Crippen LogP contribution in [0, 0.1) is 0 Å². The topological polar surface area (TPSA) is 46.5 Å². The predicted octanol–water partition coefficient (Wildman–Crippen LogP) is 2.17. The van der Waals surface area contributed by atoms with Crippen molar-refractivity contribution in [2.75, 3.05) is 39.4 Å². The predicted molar refractivity (Wildman–Crippen MR) is 84.3 cm³/mol. The van der Waals surface area contributed by atoms with Crippen molar-refractivity contribution in [3.63, 3.8) is 0 Å². The highest BCUT2D eigenvalue weighted by atomic mass is 35.5. The van der Waals surface area contributed by atoms with E-state index >= 15 is 0 Å². The van der Waals surface area contributed by atoms with Crippen LogP contribution in [0.2, 0.25) is 10.2 Å². The average molecular weight is 334 g/mol.